The summed E-state index contributed by atoms with van der Waals surface area (Å²) in [5, 5.41) is 10.8. The first-order valence-corrected chi connectivity index (χ1v) is 8.55. The van der Waals surface area contributed by atoms with Gasteiger partial charge in [-0.25, -0.2) is 4.79 Å². The molecule has 2 aromatic rings. The highest BCUT2D eigenvalue weighted by atomic mass is 35.5. The van der Waals surface area contributed by atoms with Crippen LogP contribution in [0.1, 0.15) is 45.2 Å². The fourth-order valence-corrected chi connectivity index (χ4v) is 3.21. The maximum absolute atomic E-state index is 12.5. The van der Waals surface area contributed by atoms with Crippen LogP contribution in [0.4, 0.5) is 5.69 Å². The molecule has 0 amide bonds. The van der Waals surface area contributed by atoms with Crippen LogP contribution in [0.15, 0.2) is 36.4 Å². The first kappa shape index (κ1) is 18.1. The van der Waals surface area contributed by atoms with Gasteiger partial charge in [0.1, 0.15) is 5.02 Å². The molecular formula is C19H16ClNO5. The zero-order valence-corrected chi connectivity index (χ0v) is 14.8. The van der Waals surface area contributed by atoms with Crippen LogP contribution in [0.25, 0.3) is 0 Å². The number of ether oxygens (including phenoxy) is 1. The summed E-state index contributed by atoms with van der Waals surface area (Å²) in [6, 6.07) is 9.14. The highest BCUT2D eigenvalue weighted by Crippen LogP contribution is 2.26. The van der Waals surface area contributed by atoms with Crippen LogP contribution in [0.2, 0.25) is 5.02 Å². The molecule has 1 aliphatic rings. The number of aryl methyl sites for hydroxylation is 2. The second kappa shape index (κ2) is 7.25. The van der Waals surface area contributed by atoms with E-state index in [0.29, 0.717) is 5.56 Å². The third-order valence-corrected chi connectivity index (χ3v) is 4.73. The Kier molecular flexibility index (Phi) is 5.04. The molecule has 6 nitrogen and oxygen atoms in total. The molecule has 1 aliphatic carbocycles. The molecule has 0 bridgehead atoms. The Hall–Kier alpha value is -2.73. The molecule has 3 rings (SSSR count). The number of hydrogen-bond acceptors (Lipinski definition) is 5. The molecule has 0 radical (unpaired) electrons. The molecule has 0 saturated carbocycles. The lowest BCUT2D eigenvalue weighted by Crippen LogP contribution is -2.24. The number of rotatable bonds is 5. The summed E-state index contributed by atoms with van der Waals surface area (Å²) in [7, 11) is 0. The fraction of sp³-hybridized carbons (Fsp3) is 0.263. The number of benzene rings is 2. The van der Waals surface area contributed by atoms with Crippen molar-refractivity contribution in [2.24, 2.45) is 0 Å². The molecule has 134 valence electrons. The van der Waals surface area contributed by atoms with Crippen molar-refractivity contribution in [2.75, 3.05) is 0 Å². The van der Waals surface area contributed by atoms with Gasteiger partial charge in [0.05, 0.1) is 10.5 Å². The molecule has 2 aromatic carbocycles. The van der Waals surface area contributed by atoms with Gasteiger partial charge in [-0.05, 0) is 55.5 Å². The molecule has 0 saturated heterocycles. The fourth-order valence-electron chi connectivity index (χ4n) is 3.02. The van der Waals surface area contributed by atoms with Crippen molar-refractivity contribution in [2.45, 2.75) is 32.3 Å². The van der Waals surface area contributed by atoms with Gasteiger partial charge >= 0.3 is 5.97 Å². The van der Waals surface area contributed by atoms with Crippen molar-refractivity contribution in [3.63, 3.8) is 0 Å². The van der Waals surface area contributed by atoms with E-state index in [0.717, 1.165) is 30.9 Å². The topological polar surface area (TPSA) is 86.5 Å². The number of hydrogen-bond donors (Lipinski definition) is 0. The zero-order chi connectivity index (χ0) is 18.8. The maximum Gasteiger partial charge on any atom is 0.339 e. The summed E-state index contributed by atoms with van der Waals surface area (Å²) in [6.07, 6.45) is 2.03. The number of halogens is 1. The number of fused-ring (bicyclic) bond motifs is 1. The quantitative estimate of drug-likeness (QED) is 0.340. The average Bonchev–Trinajstić information content (AvgIpc) is 3.08. The largest absolute Gasteiger partial charge is 0.451 e. The lowest BCUT2D eigenvalue weighted by Gasteiger charge is -2.13. The lowest BCUT2D eigenvalue weighted by atomic mass is 10.0. The van der Waals surface area contributed by atoms with E-state index in [1.54, 1.807) is 6.07 Å². The van der Waals surface area contributed by atoms with Crippen molar-refractivity contribution < 1.29 is 19.2 Å². The van der Waals surface area contributed by atoms with Gasteiger partial charge in [-0.1, -0.05) is 23.7 Å². The Balaban J connectivity index is 1.74. The smallest absolute Gasteiger partial charge is 0.339 e. The number of nitro groups is 1. The van der Waals surface area contributed by atoms with E-state index in [1.165, 1.54) is 24.6 Å². The molecule has 0 aliphatic heterocycles. The van der Waals surface area contributed by atoms with Gasteiger partial charge in [0.15, 0.2) is 6.10 Å². The number of nitro benzene ring substituents is 1. The molecule has 0 aromatic heterocycles. The Morgan fingerprint density at radius 3 is 2.54 bits per heavy atom. The zero-order valence-electron chi connectivity index (χ0n) is 14.0. The Bertz CT molecular complexity index is 909. The number of carbonyl (C=O) groups is 2. The minimum atomic E-state index is -1.00. The Morgan fingerprint density at radius 1 is 1.12 bits per heavy atom. The summed E-state index contributed by atoms with van der Waals surface area (Å²) in [6.45, 7) is 1.48. The third kappa shape index (κ3) is 3.60. The van der Waals surface area contributed by atoms with E-state index in [9.17, 15) is 19.7 Å². The highest BCUT2D eigenvalue weighted by Gasteiger charge is 2.24. The van der Waals surface area contributed by atoms with Crippen LogP contribution >= 0.6 is 11.6 Å². The van der Waals surface area contributed by atoms with Crippen molar-refractivity contribution in [1.82, 2.24) is 0 Å². The number of esters is 1. The standard InChI is InChI=1S/C19H16ClNO5/c1-11(18(22)14-6-5-12-3-2-4-13(12)9-14)26-19(23)15-7-8-16(20)17(10-15)21(24)25/h5-11H,2-4H2,1H3. The summed E-state index contributed by atoms with van der Waals surface area (Å²) in [5.41, 5.74) is 2.48. The Labute approximate surface area is 154 Å². The van der Waals surface area contributed by atoms with Gasteiger partial charge in [0, 0.05) is 11.6 Å². The van der Waals surface area contributed by atoms with E-state index in [-0.39, 0.29) is 16.4 Å². The molecule has 1 unspecified atom stereocenters. The van der Waals surface area contributed by atoms with Gasteiger partial charge in [-0.3, -0.25) is 14.9 Å². The highest BCUT2D eigenvalue weighted by molar-refractivity contribution is 6.32. The molecule has 0 heterocycles. The van der Waals surface area contributed by atoms with E-state index >= 15 is 0 Å². The van der Waals surface area contributed by atoms with E-state index in [1.807, 2.05) is 12.1 Å². The number of nitrogens with zero attached hydrogens (tertiary/aromatic N) is 1. The van der Waals surface area contributed by atoms with Crippen LogP contribution in [0.5, 0.6) is 0 Å². The summed E-state index contributed by atoms with van der Waals surface area (Å²) >= 11 is 5.73. The van der Waals surface area contributed by atoms with Gasteiger partial charge < -0.3 is 4.74 Å². The van der Waals surface area contributed by atoms with Crippen LogP contribution in [-0.4, -0.2) is 22.8 Å². The molecule has 1 atom stereocenters. The van der Waals surface area contributed by atoms with Gasteiger partial charge in [0.2, 0.25) is 5.78 Å². The van der Waals surface area contributed by atoms with Crippen LogP contribution < -0.4 is 0 Å². The first-order valence-electron chi connectivity index (χ1n) is 8.18. The molecule has 26 heavy (non-hydrogen) atoms. The predicted molar refractivity (Wildman–Crippen MR) is 95.8 cm³/mol. The maximum atomic E-state index is 12.5. The van der Waals surface area contributed by atoms with Crippen molar-refractivity contribution in [3.8, 4) is 0 Å². The molecule has 0 spiro atoms. The first-order chi connectivity index (χ1) is 12.4. The minimum absolute atomic E-state index is 0.0327. The van der Waals surface area contributed by atoms with Gasteiger partial charge in [-0.2, -0.15) is 0 Å². The van der Waals surface area contributed by atoms with E-state index in [4.69, 9.17) is 16.3 Å². The summed E-state index contributed by atoms with van der Waals surface area (Å²) < 4.78 is 5.19. The minimum Gasteiger partial charge on any atom is -0.451 e. The second-order valence-electron chi connectivity index (χ2n) is 6.17. The van der Waals surface area contributed by atoms with Gasteiger partial charge in [0.25, 0.3) is 5.69 Å². The van der Waals surface area contributed by atoms with E-state index in [2.05, 4.69) is 0 Å². The average molecular weight is 374 g/mol. The monoisotopic (exact) mass is 373 g/mol. The predicted octanol–water partition coefficient (Wildman–Crippen LogP) is 4.17. The molecule has 0 fully saturated rings. The van der Waals surface area contributed by atoms with Crippen LogP contribution in [-0.2, 0) is 17.6 Å². The lowest BCUT2D eigenvalue weighted by molar-refractivity contribution is -0.384. The van der Waals surface area contributed by atoms with Crippen LogP contribution in [0, 0.1) is 10.1 Å². The molecular weight excluding hydrogens is 358 g/mol. The van der Waals surface area contributed by atoms with Crippen molar-refractivity contribution >= 4 is 29.0 Å². The van der Waals surface area contributed by atoms with Crippen molar-refractivity contribution in [1.29, 1.82) is 0 Å². The molecule has 0 N–H and O–H groups in total. The Morgan fingerprint density at radius 2 is 1.81 bits per heavy atom. The summed E-state index contributed by atoms with van der Waals surface area (Å²) in [5.74, 6) is -1.12. The third-order valence-electron chi connectivity index (χ3n) is 4.41. The number of Topliss-reactive ketones (excluding diaryl/α,β-unsaturated/α-hetero) is 1. The summed E-state index contributed by atoms with van der Waals surface area (Å²) in [4.78, 5) is 35.0. The van der Waals surface area contributed by atoms with Crippen molar-refractivity contribution in [3.05, 3.63) is 73.8 Å². The normalized spacial score (nSPS) is 13.8. The number of ketones is 1. The SMILES string of the molecule is CC(OC(=O)c1ccc(Cl)c([N+](=O)[O-])c1)C(=O)c1ccc2c(c1)CCC2. The molecule has 7 heteroatoms. The number of carbonyl (C=O) groups excluding carboxylic acids is 2. The van der Waals surface area contributed by atoms with Gasteiger partial charge in [-0.15, -0.1) is 0 Å². The van der Waals surface area contributed by atoms with E-state index < -0.39 is 22.7 Å². The second-order valence-corrected chi connectivity index (χ2v) is 6.58. The van der Waals surface area contributed by atoms with Crippen LogP contribution in [0.3, 0.4) is 0 Å².